The highest BCUT2D eigenvalue weighted by Crippen LogP contribution is 2.62. The van der Waals surface area contributed by atoms with Crippen molar-refractivity contribution in [2.45, 2.75) is 21.8 Å². The number of carbonyl (C=O) groups is 1. The van der Waals surface area contributed by atoms with Crippen LogP contribution in [0, 0.1) is 5.92 Å². The second-order valence-corrected chi connectivity index (χ2v) is 10.3. The molecule has 1 aliphatic carbocycles. The molecule has 1 saturated carbocycles. The number of aromatic nitrogens is 1. The maximum atomic E-state index is 13.0. The van der Waals surface area contributed by atoms with Gasteiger partial charge in [-0.1, -0.05) is 35.5 Å². The summed E-state index contributed by atoms with van der Waals surface area (Å²) in [5, 5.41) is 3.36. The number of alkyl halides is 3. The Morgan fingerprint density at radius 1 is 1.16 bits per heavy atom. The molecule has 0 radical (unpaired) electrons. The van der Waals surface area contributed by atoms with Crippen LogP contribution in [0.15, 0.2) is 57.3 Å². The fraction of sp³-hybridized carbons (Fsp3) is 0.263. The molecule has 3 aromatic rings. The zero-order valence-corrected chi connectivity index (χ0v) is 17.1. The van der Waals surface area contributed by atoms with Crippen molar-refractivity contribution in [2.24, 2.45) is 5.92 Å². The van der Waals surface area contributed by atoms with E-state index in [1.165, 1.54) is 12.1 Å². The second-order valence-electron chi connectivity index (χ2n) is 7.26. The fourth-order valence-corrected chi connectivity index (χ4v) is 6.66. The van der Waals surface area contributed by atoms with Crippen LogP contribution in [-0.4, -0.2) is 31.7 Å². The molecule has 3 atom stereocenters. The number of carbonyl (C=O) groups excluding carboxylic acids is 1. The molecular weight excluding hydrogens is 457 g/mol. The zero-order valence-electron chi connectivity index (χ0n) is 15.4. The van der Waals surface area contributed by atoms with Gasteiger partial charge in [0.15, 0.2) is 0 Å². The summed E-state index contributed by atoms with van der Waals surface area (Å²) in [5.41, 5.74) is -0.702. The highest BCUT2D eigenvalue weighted by atomic mass is 32.2. The number of hydrogen-bond acceptors (Lipinski definition) is 7. The lowest BCUT2D eigenvalue weighted by Gasteiger charge is -2.15. The lowest BCUT2D eigenvalue weighted by Crippen LogP contribution is -2.43. The van der Waals surface area contributed by atoms with E-state index in [1.54, 1.807) is 12.1 Å². The van der Waals surface area contributed by atoms with Crippen LogP contribution in [0.4, 0.5) is 13.2 Å². The van der Waals surface area contributed by atoms with Gasteiger partial charge in [-0.2, -0.15) is 17.9 Å². The number of halogens is 3. The van der Waals surface area contributed by atoms with Crippen LogP contribution in [-0.2, 0) is 25.7 Å². The highest BCUT2D eigenvalue weighted by molar-refractivity contribution is 7.91. The van der Waals surface area contributed by atoms with Gasteiger partial charge in [0.1, 0.15) is 15.4 Å². The number of ether oxygens (including phenoxy) is 1. The third kappa shape index (κ3) is 3.17. The van der Waals surface area contributed by atoms with Crippen LogP contribution in [0.1, 0.15) is 17.2 Å². The van der Waals surface area contributed by atoms with Crippen molar-refractivity contribution in [3.8, 4) is 10.6 Å². The van der Waals surface area contributed by atoms with Crippen LogP contribution in [0.2, 0.25) is 0 Å². The fourth-order valence-electron chi connectivity index (χ4n) is 3.99. The number of benzene rings is 1. The van der Waals surface area contributed by atoms with E-state index in [0.717, 1.165) is 16.9 Å². The molecule has 1 saturated heterocycles. The number of cyclic esters (lactones) is 1. The molecule has 2 aliphatic rings. The summed E-state index contributed by atoms with van der Waals surface area (Å²) in [5.74, 6) is -2.61. The zero-order chi connectivity index (χ0) is 22.0. The van der Waals surface area contributed by atoms with Gasteiger partial charge < -0.3 is 9.26 Å². The molecule has 0 amide bonds. The van der Waals surface area contributed by atoms with E-state index in [-0.39, 0.29) is 33.2 Å². The minimum Gasteiger partial charge on any atom is -0.464 e. The number of thiophene rings is 1. The van der Waals surface area contributed by atoms with Gasteiger partial charge in [0, 0.05) is 17.9 Å². The van der Waals surface area contributed by atoms with E-state index in [1.807, 2.05) is 18.2 Å². The first-order chi connectivity index (χ1) is 14.6. The molecule has 1 aliphatic heterocycles. The number of hydrogen-bond donors (Lipinski definition) is 1. The van der Waals surface area contributed by atoms with Gasteiger partial charge >= 0.3 is 12.1 Å². The molecule has 7 nitrogen and oxygen atoms in total. The summed E-state index contributed by atoms with van der Waals surface area (Å²) < 4.78 is 75.9. The topological polar surface area (TPSA) is 98.5 Å². The van der Waals surface area contributed by atoms with Crippen LogP contribution >= 0.6 is 11.3 Å². The van der Waals surface area contributed by atoms with E-state index < -0.39 is 33.5 Å². The van der Waals surface area contributed by atoms with Crippen LogP contribution in [0.25, 0.3) is 10.6 Å². The third-order valence-electron chi connectivity index (χ3n) is 5.45. The van der Waals surface area contributed by atoms with Crippen LogP contribution in [0.5, 0.6) is 0 Å². The first-order valence-corrected chi connectivity index (χ1v) is 11.3. The molecule has 0 spiro atoms. The molecule has 12 heteroatoms. The monoisotopic (exact) mass is 470 g/mol. The summed E-state index contributed by atoms with van der Waals surface area (Å²) in [6.45, 7) is 0.107. The molecule has 3 unspecified atom stereocenters. The normalized spacial score (nSPS) is 25.3. The summed E-state index contributed by atoms with van der Waals surface area (Å²) in [4.78, 5) is 12.7. The van der Waals surface area contributed by atoms with Crippen molar-refractivity contribution < 1.29 is 35.6 Å². The minimum absolute atomic E-state index is 0.107. The van der Waals surface area contributed by atoms with E-state index in [0.29, 0.717) is 6.07 Å². The quantitative estimate of drug-likeness (QED) is 0.574. The van der Waals surface area contributed by atoms with Crippen molar-refractivity contribution in [1.29, 1.82) is 0 Å². The second kappa shape index (κ2) is 6.65. The van der Waals surface area contributed by atoms with E-state index in [2.05, 4.69) is 14.4 Å². The van der Waals surface area contributed by atoms with Crippen molar-refractivity contribution in [2.75, 3.05) is 6.61 Å². The van der Waals surface area contributed by atoms with Gasteiger partial charge in [-0.15, -0.1) is 11.3 Å². The first-order valence-electron chi connectivity index (χ1n) is 9.03. The Morgan fingerprint density at radius 2 is 1.90 bits per heavy atom. The summed E-state index contributed by atoms with van der Waals surface area (Å²) in [6, 6.07) is 12.3. The molecule has 2 fully saturated rings. The lowest BCUT2D eigenvalue weighted by atomic mass is 10.1. The Kier molecular flexibility index (Phi) is 4.33. The number of esters is 1. The van der Waals surface area contributed by atoms with Crippen molar-refractivity contribution >= 4 is 27.3 Å². The standard InChI is InChI=1S/C19H13F3N2O5S2/c20-19(21,22)14-8-12(23-29-14)13-6-7-15(30-13)31(26,27)24-18-11(9-28-17(18)25)16(18)10-4-2-1-3-5-10/h1-8,11,16,24H,9H2. The van der Waals surface area contributed by atoms with Crippen molar-refractivity contribution in [3.63, 3.8) is 0 Å². The van der Waals surface area contributed by atoms with Crippen molar-refractivity contribution in [3.05, 3.63) is 59.9 Å². The molecule has 1 aromatic carbocycles. The molecule has 3 heterocycles. The van der Waals surface area contributed by atoms with E-state index in [4.69, 9.17) is 4.74 Å². The van der Waals surface area contributed by atoms with Crippen molar-refractivity contribution in [1.82, 2.24) is 9.88 Å². The number of rotatable bonds is 5. The summed E-state index contributed by atoms with van der Waals surface area (Å²) >= 11 is 0.723. The maximum Gasteiger partial charge on any atom is 0.452 e. The molecule has 1 N–H and O–H groups in total. The summed E-state index contributed by atoms with van der Waals surface area (Å²) in [6.07, 6.45) is -4.70. The Hall–Kier alpha value is -2.70. The highest BCUT2D eigenvalue weighted by Gasteiger charge is 2.76. The molecular formula is C19H13F3N2O5S2. The molecule has 31 heavy (non-hydrogen) atoms. The average molecular weight is 470 g/mol. The minimum atomic E-state index is -4.70. The molecule has 0 bridgehead atoms. The maximum absolute atomic E-state index is 13.0. The molecule has 2 aromatic heterocycles. The van der Waals surface area contributed by atoms with Crippen LogP contribution in [0.3, 0.4) is 0 Å². The SMILES string of the molecule is O=C1OCC2C(c3ccccc3)C12NS(=O)(=O)c1ccc(-c2cc(C(F)(F)F)on2)s1. The molecule has 162 valence electrons. The predicted octanol–water partition coefficient (Wildman–Crippen LogP) is 3.41. The van der Waals surface area contributed by atoms with E-state index >= 15 is 0 Å². The smallest absolute Gasteiger partial charge is 0.452 e. The number of nitrogens with zero attached hydrogens (tertiary/aromatic N) is 1. The van der Waals surface area contributed by atoms with Gasteiger partial charge in [0.2, 0.25) is 5.76 Å². The van der Waals surface area contributed by atoms with Gasteiger partial charge in [-0.05, 0) is 17.7 Å². The average Bonchev–Trinajstić information content (AvgIpc) is 3.20. The van der Waals surface area contributed by atoms with Gasteiger partial charge in [-0.3, -0.25) is 0 Å². The Morgan fingerprint density at radius 3 is 2.58 bits per heavy atom. The first kappa shape index (κ1) is 20.2. The lowest BCUT2D eigenvalue weighted by molar-refractivity contribution is -0.155. The Balaban J connectivity index is 1.43. The number of nitrogens with one attached hydrogen (secondary N) is 1. The van der Waals surface area contributed by atoms with Gasteiger partial charge in [0.05, 0.1) is 11.5 Å². The Bertz CT molecular complexity index is 1270. The van der Waals surface area contributed by atoms with Crippen LogP contribution < -0.4 is 4.72 Å². The summed E-state index contributed by atoms with van der Waals surface area (Å²) in [7, 11) is -4.16. The largest absolute Gasteiger partial charge is 0.464 e. The predicted molar refractivity (Wildman–Crippen MR) is 102 cm³/mol. The van der Waals surface area contributed by atoms with Gasteiger partial charge in [0.25, 0.3) is 10.0 Å². The third-order valence-corrected chi connectivity index (χ3v) is 8.53. The number of fused-ring (bicyclic) bond motifs is 1. The molecule has 5 rings (SSSR count). The Labute approximate surface area is 177 Å². The van der Waals surface area contributed by atoms with Gasteiger partial charge in [-0.25, -0.2) is 13.2 Å². The van der Waals surface area contributed by atoms with E-state index in [9.17, 15) is 26.4 Å². The number of sulfonamides is 1.